The number of aromatic nitrogens is 2. The third-order valence-electron chi connectivity index (χ3n) is 4.46. The molecule has 0 spiro atoms. The van der Waals surface area contributed by atoms with Gasteiger partial charge in [-0.25, -0.2) is 4.98 Å². The summed E-state index contributed by atoms with van der Waals surface area (Å²) in [5.74, 6) is 0.637. The minimum Gasteiger partial charge on any atom is -0.367 e. The highest BCUT2D eigenvalue weighted by atomic mass is 127. The fourth-order valence-electron chi connectivity index (χ4n) is 2.94. The van der Waals surface area contributed by atoms with E-state index >= 15 is 0 Å². The van der Waals surface area contributed by atoms with Gasteiger partial charge in [-0.1, -0.05) is 42.5 Å². The molecule has 0 aliphatic rings. The normalized spacial score (nSPS) is 11.7. The monoisotopic (exact) mass is 559 g/mol. The lowest BCUT2D eigenvalue weighted by atomic mass is 10.1. The van der Waals surface area contributed by atoms with Gasteiger partial charge in [-0.3, -0.25) is 4.99 Å². The number of imidazole rings is 1. The first-order chi connectivity index (χ1) is 14.9. The van der Waals surface area contributed by atoms with Crippen LogP contribution < -0.4 is 10.6 Å². The number of guanidine groups is 1. The molecule has 10 heteroatoms. The van der Waals surface area contributed by atoms with Crippen LogP contribution in [0.2, 0.25) is 0 Å². The van der Waals surface area contributed by atoms with E-state index in [4.69, 9.17) is 0 Å². The number of aliphatic imine (C=N–C) groups is 1. The quantitative estimate of drug-likeness (QED) is 0.244. The summed E-state index contributed by atoms with van der Waals surface area (Å²) in [5.41, 5.74) is 3.78. The number of hydrogen-bond donors (Lipinski definition) is 2. The summed E-state index contributed by atoms with van der Waals surface area (Å²) in [5, 5.41) is 6.52. The van der Waals surface area contributed by atoms with E-state index in [1.54, 1.807) is 31.7 Å². The fourth-order valence-corrected chi connectivity index (χ4v) is 2.94. The Balaban J connectivity index is 0.00000363. The van der Waals surface area contributed by atoms with Crippen molar-refractivity contribution in [3.05, 3.63) is 83.9 Å². The largest absolute Gasteiger partial charge is 0.411 e. The summed E-state index contributed by atoms with van der Waals surface area (Å²) in [6, 6.07) is 15.2. The molecule has 0 aliphatic carbocycles. The number of nitrogens with one attached hydrogen (secondary N) is 2. The van der Waals surface area contributed by atoms with Crippen LogP contribution in [0.3, 0.4) is 0 Å². The molecule has 172 valence electrons. The zero-order valence-electron chi connectivity index (χ0n) is 17.5. The van der Waals surface area contributed by atoms with E-state index in [9.17, 15) is 13.2 Å². The Bertz CT molecular complexity index is 976. The molecule has 0 saturated carbocycles. The van der Waals surface area contributed by atoms with E-state index in [1.165, 1.54) is 0 Å². The number of hydrogen-bond acceptors (Lipinski definition) is 3. The van der Waals surface area contributed by atoms with E-state index in [2.05, 4.69) is 25.3 Å². The first kappa shape index (κ1) is 25.7. The Labute approximate surface area is 201 Å². The molecule has 3 aromatic rings. The van der Waals surface area contributed by atoms with Crippen LogP contribution in [-0.2, 0) is 24.4 Å². The zero-order chi connectivity index (χ0) is 22.1. The lowest BCUT2D eigenvalue weighted by molar-refractivity contribution is -0.176. The molecule has 0 amide bonds. The smallest absolute Gasteiger partial charge is 0.367 e. The molecule has 0 aliphatic heterocycles. The number of nitrogens with zero attached hydrogens (tertiary/aromatic N) is 3. The van der Waals surface area contributed by atoms with Gasteiger partial charge < -0.3 is 19.9 Å². The molecule has 0 saturated heterocycles. The maximum atomic E-state index is 12.1. The van der Waals surface area contributed by atoms with Crippen LogP contribution >= 0.6 is 24.0 Å². The molecule has 0 bridgehead atoms. The van der Waals surface area contributed by atoms with Gasteiger partial charge in [0.2, 0.25) is 0 Å². The average molecular weight is 559 g/mol. The molecule has 1 heterocycles. The Hall–Kier alpha value is -2.60. The van der Waals surface area contributed by atoms with Gasteiger partial charge in [-0.2, -0.15) is 13.2 Å². The Kier molecular flexibility index (Phi) is 9.97. The van der Waals surface area contributed by atoms with Crippen molar-refractivity contribution < 1.29 is 17.9 Å². The molecule has 6 nitrogen and oxygen atoms in total. The van der Waals surface area contributed by atoms with Gasteiger partial charge in [0.15, 0.2) is 5.96 Å². The minimum atomic E-state index is -4.31. The van der Waals surface area contributed by atoms with Crippen molar-refractivity contribution >= 4 is 29.9 Å². The van der Waals surface area contributed by atoms with Crippen LogP contribution in [0.5, 0.6) is 0 Å². The van der Waals surface area contributed by atoms with Crippen LogP contribution in [-0.4, -0.2) is 35.3 Å². The van der Waals surface area contributed by atoms with E-state index < -0.39 is 12.8 Å². The van der Waals surface area contributed by atoms with Crippen molar-refractivity contribution in [3.8, 4) is 5.69 Å². The van der Waals surface area contributed by atoms with E-state index in [0.717, 1.165) is 16.8 Å². The summed E-state index contributed by atoms with van der Waals surface area (Å²) in [7, 11) is 1.69. The molecular formula is C22H25F3IN5O. The van der Waals surface area contributed by atoms with Gasteiger partial charge in [-0.05, 0) is 22.8 Å². The second-order valence-electron chi connectivity index (χ2n) is 6.80. The first-order valence-corrected chi connectivity index (χ1v) is 9.67. The standard InChI is InChI=1S/C22H24F3N5O.HI/c1-26-21(29-13-19-4-2-3-5-20(19)30-11-10-27-16-30)28-12-17-6-8-18(9-7-17)14-31-15-22(23,24)25;/h2-11,16H,12-15H2,1H3,(H2,26,28,29);1H. The van der Waals surface area contributed by atoms with Crippen LogP contribution in [0.4, 0.5) is 13.2 Å². The molecule has 0 fully saturated rings. The number of para-hydroxylation sites is 1. The summed E-state index contributed by atoms with van der Waals surface area (Å²) >= 11 is 0. The minimum absolute atomic E-state index is 0. The third-order valence-corrected chi connectivity index (χ3v) is 4.46. The maximum Gasteiger partial charge on any atom is 0.411 e. The van der Waals surface area contributed by atoms with Crippen LogP contribution in [0, 0.1) is 0 Å². The van der Waals surface area contributed by atoms with Crippen LogP contribution in [0.1, 0.15) is 16.7 Å². The summed E-state index contributed by atoms with van der Waals surface area (Å²) in [6.07, 6.45) is 1.07. The molecule has 1 aromatic heterocycles. The zero-order valence-corrected chi connectivity index (χ0v) is 19.8. The number of benzene rings is 2. The highest BCUT2D eigenvalue weighted by Crippen LogP contribution is 2.16. The molecule has 3 rings (SSSR count). The predicted molar refractivity (Wildman–Crippen MR) is 128 cm³/mol. The highest BCUT2D eigenvalue weighted by molar-refractivity contribution is 14.0. The van der Waals surface area contributed by atoms with Gasteiger partial charge in [0.05, 0.1) is 18.6 Å². The predicted octanol–water partition coefficient (Wildman–Crippen LogP) is 4.43. The highest BCUT2D eigenvalue weighted by Gasteiger charge is 2.27. The van der Waals surface area contributed by atoms with Crippen molar-refractivity contribution in [1.29, 1.82) is 0 Å². The van der Waals surface area contributed by atoms with E-state index in [-0.39, 0.29) is 30.6 Å². The van der Waals surface area contributed by atoms with E-state index in [0.29, 0.717) is 24.6 Å². The van der Waals surface area contributed by atoms with Crippen molar-refractivity contribution in [2.45, 2.75) is 25.9 Å². The summed E-state index contributed by atoms with van der Waals surface area (Å²) in [6.45, 7) is -0.231. The number of halogens is 4. The summed E-state index contributed by atoms with van der Waals surface area (Å²) < 4.78 is 43.1. The number of ether oxygens (including phenoxy) is 1. The summed E-state index contributed by atoms with van der Waals surface area (Å²) in [4.78, 5) is 8.34. The maximum absolute atomic E-state index is 12.1. The van der Waals surface area contributed by atoms with Crippen LogP contribution in [0.25, 0.3) is 5.69 Å². The van der Waals surface area contributed by atoms with Gasteiger partial charge in [0.1, 0.15) is 6.61 Å². The molecule has 2 aromatic carbocycles. The number of alkyl halides is 3. The van der Waals surface area contributed by atoms with Crippen molar-refractivity contribution in [3.63, 3.8) is 0 Å². The molecule has 32 heavy (non-hydrogen) atoms. The molecule has 0 radical (unpaired) electrons. The Morgan fingerprint density at radius 2 is 1.72 bits per heavy atom. The first-order valence-electron chi connectivity index (χ1n) is 9.67. The van der Waals surface area contributed by atoms with Gasteiger partial charge in [0.25, 0.3) is 0 Å². The molecular weight excluding hydrogens is 534 g/mol. The molecule has 2 N–H and O–H groups in total. The van der Waals surface area contributed by atoms with Gasteiger partial charge in [-0.15, -0.1) is 24.0 Å². The molecule has 0 unspecified atom stereocenters. The van der Waals surface area contributed by atoms with Crippen molar-refractivity contribution in [2.75, 3.05) is 13.7 Å². The second-order valence-corrected chi connectivity index (χ2v) is 6.80. The second kappa shape index (κ2) is 12.4. The average Bonchev–Trinajstić information content (AvgIpc) is 3.29. The number of rotatable bonds is 8. The fraction of sp³-hybridized carbons (Fsp3) is 0.273. The SMILES string of the molecule is CN=C(NCc1ccc(COCC(F)(F)F)cc1)NCc1ccccc1-n1ccnc1.I. The molecule has 0 atom stereocenters. The van der Waals surface area contributed by atoms with E-state index in [1.807, 2.05) is 47.2 Å². The van der Waals surface area contributed by atoms with Crippen molar-refractivity contribution in [1.82, 2.24) is 20.2 Å². The van der Waals surface area contributed by atoms with Gasteiger partial charge in [0, 0.05) is 32.5 Å². The lowest BCUT2D eigenvalue weighted by Gasteiger charge is -2.15. The van der Waals surface area contributed by atoms with Crippen LogP contribution in [0.15, 0.2) is 72.2 Å². The van der Waals surface area contributed by atoms with Crippen molar-refractivity contribution in [2.24, 2.45) is 4.99 Å². The Morgan fingerprint density at radius 3 is 2.38 bits per heavy atom. The lowest BCUT2D eigenvalue weighted by Crippen LogP contribution is -2.36. The van der Waals surface area contributed by atoms with Gasteiger partial charge >= 0.3 is 6.18 Å². The Morgan fingerprint density at radius 1 is 1.03 bits per heavy atom. The topological polar surface area (TPSA) is 63.5 Å². The third kappa shape index (κ3) is 8.15.